The van der Waals surface area contributed by atoms with Crippen molar-refractivity contribution in [1.29, 1.82) is 0 Å². The van der Waals surface area contributed by atoms with Gasteiger partial charge in [0.1, 0.15) is 5.75 Å². The van der Waals surface area contributed by atoms with Crippen LogP contribution in [0.25, 0.3) is 6.08 Å². The first-order chi connectivity index (χ1) is 8.17. The van der Waals surface area contributed by atoms with Crippen molar-refractivity contribution in [3.63, 3.8) is 0 Å². The molecule has 0 saturated carbocycles. The lowest BCUT2D eigenvalue weighted by Gasteiger charge is -2.07. The fourth-order valence-electron chi connectivity index (χ4n) is 1.32. The molecule has 0 unspecified atom stereocenters. The number of anilines is 1. The van der Waals surface area contributed by atoms with Crippen molar-refractivity contribution < 1.29 is 14.3 Å². The molecule has 1 aromatic carbocycles. The van der Waals surface area contributed by atoms with Crippen LogP contribution in [0.15, 0.2) is 24.3 Å². The van der Waals surface area contributed by atoms with E-state index >= 15 is 0 Å². The van der Waals surface area contributed by atoms with Gasteiger partial charge in [-0.1, -0.05) is 0 Å². The van der Waals surface area contributed by atoms with E-state index < -0.39 is 0 Å². The predicted octanol–water partition coefficient (Wildman–Crippen LogP) is 2.24. The molecular formula is C13H17NO3. The molecular weight excluding hydrogens is 218 g/mol. The van der Waals surface area contributed by atoms with Crippen LogP contribution in [0.1, 0.15) is 19.4 Å². The number of carbonyl (C=O) groups excluding carboxylic acids is 1. The SMILES string of the molecule is CCOC(=O)C=Cc1ccc(N)cc1OCC. The molecule has 0 spiro atoms. The zero-order valence-corrected chi connectivity index (χ0v) is 10.1. The summed E-state index contributed by atoms with van der Waals surface area (Å²) in [4.78, 5) is 11.2. The van der Waals surface area contributed by atoms with Crippen molar-refractivity contribution in [3.05, 3.63) is 29.8 Å². The summed E-state index contributed by atoms with van der Waals surface area (Å²) in [6.07, 6.45) is 3.03. The summed E-state index contributed by atoms with van der Waals surface area (Å²) < 4.78 is 10.2. The minimum absolute atomic E-state index is 0.364. The molecule has 0 atom stereocenters. The molecule has 0 fully saturated rings. The van der Waals surface area contributed by atoms with E-state index in [2.05, 4.69) is 0 Å². The van der Waals surface area contributed by atoms with Crippen molar-refractivity contribution in [2.45, 2.75) is 13.8 Å². The summed E-state index contributed by atoms with van der Waals surface area (Å²) in [5, 5.41) is 0. The normalized spacial score (nSPS) is 10.5. The maximum Gasteiger partial charge on any atom is 0.330 e. The molecule has 1 rings (SSSR count). The van der Waals surface area contributed by atoms with E-state index in [1.54, 1.807) is 31.2 Å². The van der Waals surface area contributed by atoms with Crippen LogP contribution >= 0.6 is 0 Å². The Morgan fingerprint density at radius 2 is 2.12 bits per heavy atom. The Morgan fingerprint density at radius 3 is 2.76 bits per heavy atom. The van der Waals surface area contributed by atoms with Gasteiger partial charge in [-0.25, -0.2) is 4.79 Å². The molecule has 0 bridgehead atoms. The van der Waals surface area contributed by atoms with Crippen LogP contribution in [0.3, 0.4) is 0 Å². The highest BCUT2D eigenvalue weighted by molar-refractivity contribution is 5.87. The van der Waals surface area contributed by atoms with Gasteiger partial charge in [0, 0.05) is 23.4 Å². The Labute approximate surface area is 101 Å². The number of nitrogen functional groups attached to an aromatic ring is 1. The molecule has 0 aliphatic carbocycles. The molecule has 0 amide bonds. The quantitative estimate of drug-likeness (QED) is 0.483. The van der Waals surface area contributed by atoms with Crippen LogP contribution in [0, 0.1) is 0 Å². The number of hydrogen-bond acceptors (Lipinski definition) is 4. The Hall–Kier alpha value is -1.97. The van der Waals surface area contributed by atoms with Crippen molar-refractivity contribution >= 4 is 17.7 Å². The smallest absolute Gasteiger partial charge is 0.330 e. The molecule has 2 N–H and O–H groups in total. The summed E-state index contributed by atoms with van der Waals surface area (Å²) >= 11 is 0. The van der Waals surface area contributed by atoms with E-state index in [0.717, 1.165) is 5.56 Å². The number of hydrogen-bond donors (Lipinski definition) is 1. The molecule has 0 radical (unpaired) electrons. The van der Waals surface area contributed by atoms with Crippen molar-refractivity contribution in [3.8, 4) is 5.75 Å². The maximum atomic E-state index is 11.2. The number of nitrogens with two attached hydrogens (primary N) is 1. The fraction of sp³-hybridized carbons (Fsp3) is 0.308. The Morgan fingerprint density at radius 1 is 1.35 bits per heavy atom. The Kier molecular flexibility index (Phi) is 5.07. The van der Waals surface area contributed by atoms with Gasteiger partial charge in [-0.2, -0.15) is 0 Å². The zero-order valence-electron chi connectivity index (χ0n) is 10.1. The van der Waals surface area contributed by atoms with E-state index in [0.29, 0.717) is 24.7 Å². The third-order valence-corrected chi connectivity index (χ3v) is 2.02. The molecule has 0 aromatic heterocycles. The summed E-state index contributed by atoms with van der Waals surface area (Å²) in [6, 6.07) is 5.29. The highest BCUT2D eigenvalue weighted by atomic mass is 16.5. The predicted molar refractivity (Wildman–Crippen MR) is 67.7 cm³/mol. The van der Waals surface area contributed by atoms with Crippen LogP contribution in [0.4, 0.5) is 5.69 Å². The van der Waals surface area contributed by atoms with E-state index in [9.17, 15) is 4.79 Å². The number of ether oxygens (including phenoxy) is 2. The highest BCUT2D eigenvalue weighted by Crippen LogP contribution is 2.23. The van der Waals surface area contributed by atoms with E-state index in [4.69, 9.17) is 15.2 Å². The molecule has 4 heteroatoms. The van der Waals surface area contributed by atoms with Gasteiger partial charge in [0.05, 0.1) is 13.2 Å². The van der Waals surface area contributed by atoms with E-state index in [1.165, 1.54) is 6.08 Å². The summed E-state index contributed by atoms with van der Waals surface area (Å²) in [5.41, 5.74) is 7.09. The van der Waals surface area contributed by atoms with Crippen molar-refractivity contribution in [2.24, 2.45) is 0 Å². The second-order valence-electron chi connectivity index (χ2n) is 3.32. The van der Waals surface area contributed by atoms with Gasteiger partial charge in [-0.3, -0.25) is 0 Å². The van der Waals surface area contributed by atoms with Crippen molar-refractivity contribution in [2.75, 3.05) is 18.9 Å². The van der Waals surface area contributed by atoms with Gasteiger partial charge in [0.25, 0.3) is 0 Å². The minimum atomic E-state index is -0.369. The van der Waals surface area contributed by atoms with Gasteiger partial charge in [0.2, 0.25) is 0 Å². The lowest BCUT2D eigenvalue weighted by Crippen LogP contribution is -1.99. The Bertz CT molecular complexity index is 413. The molecule has 4 nitrogen and oxygen atoms in total. The molecule has 1 aromatic rings. The number of esters is 1. The third-order valence-electron chi connectivity index (χ3n) is 2.02. The number of carbonyl (C=O) groups is 1. The lowest BCUT2D eigenvalue weighted by atomic mass is 10.1. The first kappa shape index (κ1) is 13.1. The highest BCUT2D eigenvalue weighted by Gasteiger charge is 2.02. The van der Waals surface area contributed by atoms with Crippen LogP contribution in [-0.2, 0) is 9.53 Å². The molecule has 0 heterocycles. The molecule has 17 heavy (non-hydrogen) atoms. The summed E-state index contributed by atoms with van der Waals surface area (Å²) in [7, 11) is 0. The largest absolute Gasteiger partial charge is 0.493 e. The zero-order chi connectivity index (χ0) is 12.7. The fourth-order valence-corrected chi connectivity index (χ4v) is 1.32. The molecule has 92 valence electrons. The van der Waals surface area contributed by atoms with Crippen LogP contribution < -0.4 is 10.5 Å². The van der Waals surface area contributed by atoms with E-state index in [-0.39, 0.29) is 5.97 Å². The van der Waals surface area contributed by atoms with Gasteiger partial charge in [0.15, 0.2) is 0 Å². The topological polar surface area (TPSA) is 61.5 Å². The summed E-state index contributed by atoms with van der Waals surface area (Å²) in [6.45, 7) is 4.57. The first-order valence-electron chi connectivity index (χ1n) is 5.54. The number of rotatable bonds is 5. The van der Waals surface area contributed by atoms with Gasteiger partial charge < -0.3 is 15.2 Å². The van der Waals surface area contributed by atoms with Gasteiger partial charge in [-0.15, -0.1) is 0 Å². The Balaban J connectivity index is 2.85. The van der Waals surface area contributed by atoms with E-state index in [1.807, 2.05) is 6.92 Å². The molecule has 0 aliphatic heterocycles. The monoisotopic (exact) mass is 235 g/mol. The third kappa shape index (κ3) is 4.18. The first-order valence-corrected chi connectivity index (χ1v) is 5.54. The lowest BCUT2D eigenvalue weighted by molar-refractivity contribution is -0.137. The minimum Gasteiger partial charge on any atom is -0.493 e. The second kappa shape index (κ2) is 6.58. The van der Waals surface area contributed by atoms with Gasteiger partial charge in [-0.05, 0) is 32.1 Å². The average Bonchev–Trinajstić information content (AvgIpc) is 2.29. The standard InChI is InChI=1S/C13H17NO3/c1-3-16-12-9-11(14)7-5-10(12)6-8-13(15)17-4-2/h5-9H,3-4,14H2,1-2H3. The average molecular weight is 235 g/mol. The maximum absolute atomic E-state index is 11.2. The summed E-state index contributed by atoms with van der Waals surface area (Å²) in [5.74, 6) is 0.292. The second-order valence-corrected chi connectivity index (χ2v) is 3.32. The van der Waals surface area contributed by atoms with Crippen molar-refractivity contribution in [1.82, 2.24) is 0 Å². The molecule has 0 saturated heterocycles. The van der Waals surface area contributed by atoms with Crippen LogP contribution in [0.5, 0.6) is 5.75 Å². The number of benzene rings is 1. The molecule has 0 aliphatic rings. The van der Waals surface area contributed by atoms with Crippen LogP contribution in [-0.4, -0.2) is 19.2 Å². The van der Waals surface area contributed by atoms with Gasteiger partial charge >= 0.3 is 5.97 Å². The van der Waals surface area contributed by atoms with Crippen LogP contribution in [0.2, 0.25) is 0 Å².